The van der Waals surface area contributed by atoms with E-state index in [-0.39, 0.29) is 6.10 Å². The first-order valence-electron chi connectivity index (χ1n) is 6.85. The van der Waals surface area contributed by atoms with Crippen LogP contribution in [0.5, 0.6) is 5.75 Å². The highest BCUT2D eigenvalue weighted by Crippen LogP contribution is 2.16. The van der Waals surface area contributed by atoms with E-state index in [4.69, 9.17) is 9.47 Å². The number of para-hydroxylation sites is 1. The fraction of sp³-hybridized carbons (Fsp3) is 0.600. The zero-order chi connectivity index (χ0) is 13.7. The number of benzene rings is 1. The van der Waals surface area contributed by atoms with Crippen LogP contribution in [0.4, 0.5) is 0 Å². The summed E-state index contributed by atoms with van der Waals surface area (Å²) in [4.78, 5) is 2.22. The molecular formula is C15H23NO3. The third kappa shape index (κ3) is 4.49. The maximum absolute atomic E-state index is 10.0. The lowest BCUT2D eigenvalue weighted by Gasteiger charge is -2.32. The quantitative estimate of drug-likeness (QED) is 0.875. The van der Waals surface area contributed by atoms with Gasteiger partial charge >= 0.3 is 0 Å². The molecule has 2 atom stereocenters. The van der Waals surface area contributed by atoms with Crippen molar-refractivity contribution in [3.05, 3.63) is 29.8 Å². The molecule has 1 aromatic carbocycles. The zero-order valence-corrected chi connectivity index (χ0v) is 11.7. The van der Waals surface area contributed by atoms with Gasteiger partial charge in [-0.25, -0.2) is 0 Å². The number of hydrogen-bond acceptors (Lipinski definition) is 4. The number of aryl methyl sites for hydroxylation is 1. The SMILES string of the molecule is Cc1ccccc1OC[C@H](O)CN1CCO[C@H](C)C1. The first-order valence-corrected chi connectivity index (χ1v) is 6.85. The van der Waals surface area contributed by atoms with Crippen LogP contribution in [0.25, 0.3) is 0 Å². The molecule has 0 unspecified atom stereocenters. The summed E-state index contributed by atoms with van der Waals surface area (Å²) < 4.78 is 11.1. The van der Waals surface area contributed by atoms with Crippen molar-refractivity contribution in [2.45, 2.75) is 26.1 Å². The van der Waals surface area contributed by atoms with E-state index in [1.807, 2.05) is 31.2 Å². The molecule has 0 aliphatic carbocycles. The lowest BCUT2D eigenvalue weighted by Crippen LogP contribution is -2.45. The van der Waals surface area contributed by atoms with Gasteiger partial charge in [0, 0.05) is 19.6 Å². The minimum absolute atomic E-state index is 0.248. The van der Waals surface area contributed by atoms with Crippen molar-refractivity contribution in [2.24, 2.45) is 0 Å². The van der Waals surface area contributed by atoms with E-state index in [1.165, 1.54) is 0 Å². The number of aliphatic hydroxyl groups is 1. The minimum atomic E-state index is -0.468. The van der Waals surface area contributed by atoms with E-state index in [2.05, 4.69) is 11.8 Å². The fourth-order valence-electron chi connectivity index (χ4n) is 2.31. The molecule has 19 heavy (non-hydrogen) atoms. The van der Waals surface area contributed by atoms with Crippen LogP contribution in [0, 0.1) is 6.92 Å². The Morgan fingerprint density at radius 2 is 2.26 bits per heavy atom. The van der Waals surface area contributed by atoms with Crippen LogP contribution in [0.3, 0.4) is 0 Å². The fourth-order valence-corrected chi connectivity index (χ4v) is 2.31. The van der Waals surface area contributed by atoms with Crippen molar-refractivity contribution >= 4 is 0 Å². The van der Waals surface area contributed by atoms with Crippen LogP contribution in [-0.2, 0) is 4.74 Å². The highest BCUT2D eigenvalue weighted by Gasteiger charge is 2.19. The highest BCUT2D eigenvalue weighted by molar-refractivity contribution is 5.31. The molecule has 1 aliphatic heterocycles. The summed E-state index contributed by atoms with van der Waals surface area (Å²) in [6, 6.07) is 7.86. The van der Waals surface area contributed by atoms with Gasteiger partial charge in [-0.15, -0.1) is 0 Å². The molecule has 0 saturated carbocycles. The Hall–Kier alpha value is -1.10. The first-order chi connectivity index (χ1) is 9.15. The van der Waals surface area contributed by atoms with Gasteiger partial charge in [0.05, 0.1) is 12.7 Å². The summed E-state index contributed by atoms with van der Waals surface area (Å²) in [5, 5.41) is 10.0. The molecule has 0 amide bonds. The summed E-state index contributed by atoms with van der Waals surface area (Å²) >= 11 is 0. The molecule has 0 spiro atoms. The van der Waals surface area contributed by atoms with Crippen molar-refractivity contribution < 1.29 is 14.6 Å². The monoisotopic (exact) mass is 265 g/mol. The minimum Gasteiger partial charge on any atom is -0.491 e. The standard InChI is InChI=1S/C15H23NO3/c1-12-5-3-4-6-15(12)19-11-14(17)10-16-7-8-18-13(2)9-16/h3-6,13-14,17H,7-11H2,1-2H3/t13-,14-/m1/s1. The molecule has 2 rings (SSSR count). The molecular weight excluding hydrogens is 242 g/mol. The number of ether oxygens (including phenoxy) is 2. The van der Waals surface area contributed by atoms with Gasteiger partial charge in [-0.05, 0) is 25.5 Å². The van der Waals surface area contributed by atoms with Crippen molar-refractivity contribution in [3.8, 4) is 5.75 Å². The van der Waals surface area contributed by atoms with Crippen LogP contribution in [0.1, 0.15) is 12.5 Å². The predicted octanol–water partition coefficient (Wildman–Crippen LogP) is 1.46. The Balaban J connectivity index is 1.75. The van der Waals surface area contributed by atoms with Crippen LogP contribution in [0.2, 0.25) is 0 Å². The average Bonchev–Trinajstić information content (AvgIpc) is 2.38. The van der Waals surface area contributed by atoms with E-state index in [9.17, 15) is 5.11 Å². The number of rotatable bonds is 5. The molecule has 0 bridgehead atoms. The van der Waals surface area contributed by atoms with E-state index in [0.717, 1.165) is 31.0 Å². The van der Waals surface area contributed by atoms with Crippen LogP contribution >= 0.6 is 0 Å². The maximum atomic E-state index is 10.0. The van der Waals surface area contributed by atoms with E-state index < -0.39 is 6.10 Å². The van der Waals surface area contributed by atoms with Gasteiger partial charge in [0.1, 0.15) is 18.5 Å². The largest absolute Gasteiger partial charge is 0.491 e. The number of β-amino-alcohol motifs (C(OH)–C–C–N with tert-alkyl or cyclic N) is 1. The van der Waals surface area contributed by atoms with Crippen molar-refractivity contribution in [3.63, 3.8) is 0 Å². The maximum Gasteiger partial charge on any atom is 0.122 e. The Labute approximate surface area is 114 Å². The first kappa shape index (κ1) is 14.3. The third-order valence-electron chi connectivity index (χ3n) is 3.32. The summed E-state index contributed by atoms with van der Waals surface area (Å²) in [6.07, 6.45) is -0.219. The molecule has 4 nitrogen and oxygen atoms in total. The smallest absolute Gasteiger partial charge is 0.122 e. The topological polar surface area (TPSA) is 41.9 Å². The van der Waals surface area contributed by atoms with Gasteiger partial charge < -0.3 is 14.6 Å². The van der Waals surface area contributed by atoms with E-state index in [1.54, 1.807) is 0 Å². The Morgan fingerprint density at radius 3 is 3.00 bits per heavy atom. The molecule has 0 aromatic heterocycles. The normalized spacial score (nSPS) is 22.2. The van der Waals surface area contributed by atoms with Gasteiger partial charge in [0.25, 0.3) is 0 Å². The van der Waals surface area contributed by atoms with Crippen LogP contribution < -0.4 is 4.74 Å². The average molecular weight is 265 g/mol. The predicted molar refractivity (Wildman–Crippen MR) is 74.5 cm³/mol. The Bertz CT molecular complexity index is 397. The summed E-state index contributed by atoms with van der Waals surface area (Å²) in [7, 11) is 0. The third-order valence-corrected chi connectivity index (χ3v) is 3.32. The molecule has 1 fully saturated rings. The van der Waals surface area contributed by atoms with Crippen molar-refractivity contribution in [1.82, 2.24) is 4.90 Å². The molecule has 1 aliphatic rings. The molecule has 1 N–H and O–H groups in total. The molecule has 0 radical (unpaired) electrons. The van der Waals surface area contributed by atoms with E-state index >= 15 is 0 Å². The highest BCUT2D eigenvalue weighted by atomic mass is 16.5. The van der Waals surface area contributed by atoms with Gasteiger partial charge in [-0.2, -0.15) is 0 Å². The summed E-state index contributed by atoms with van der Waals surface area (Å²) in [6.45, 7) is 7.53. The Morgan fingerprint density at radius 1 is 1.47 bits per heavy atom. The molecule has 106 valence electrons. The van der Waals surface area contributed by atoms with E-state index in [0.29, 0.717) is 13.2 Å². The molecule has 1 saturated heterocycles. The van der Waals surface area contributed by atoms with Crippen molar-refractivity contribution in [1.29, 1.82) is 0 Å². The summed E-state index contributed by atoms with van der Waals surface area (Å²) in [5.41, 5.74) is 1.09. The Kier molecular flexibility index (Phi) is 5.19. The number of nitrogens with zero attached hydrogens (tertiary/aromatic N) is 1. The van der Waals surface area contributed by atoms with Gasteiger partial charge in [0.15, 0.2) is 0 Å². The van der Waals surface area contributed by atoms with Gasteiger partial charge in [0.2, 0.25) is 0 Å². The summed E-state index contributed by atoms with van der Waals surface area (Å²) in [5.74, 6) is 0.844. The van der Waals surface area contributed by atoms with Crippen LogP contribution in [0.15, 0.2) is 24.3 Å². The second-order valence-corrected chi connectivity index (χ2v) is 5.17. The van der Waals surface area contributed by atoms with Crippen LogP contribution in [-0.4, -0.2) is 55.1 Å². The number of hydrogen-bond donors (Lipinski definition) is 1. The van der Waals surface area contributed by atoms with Gasteiger partial charge in [-0.1, -0.05) is 18.2 Å². The second kappa shape index (κ2) is 6.89. The number of morpholine rings is 1. The molecule has 1 heterocycles. The lowest BCUT2D eigenvalue weighted by molar-refractivity contribution is -0.0361. The molecule has 4 heteroatoms. The van der Waals surface area contributed by atoms with Crippen molar-refractivity contribution in [2.75, 3.05) is 32.8 Å². The number of aliphatic hydroxyl groups excluding tert-OH is 1. The zero-order valence-electron chi connectivity index (χ0n) is 11.7. The second-order valence-electron chi connectivity index (χ2n) is 5.17. The van der Waals surface area contributed by atoms with Gasteiger partial charge in [-0.3, -0.25) is 4.90 Å². The molecule has 1 aromatic rings. The lowest BCUT2D eigenvalue weighted by atomic mass is 10.2.